The van der Waals surface area contributed by atoms with Crippen molar-refractivity contribution >= 4 is 11.9 Å². The molecule has 5 heteroatoms. The first-order valence-corrected chi connectivity index (χ1v) is 24.9. The van der Waals surface area contributed by atoms with Gasteiger partial charge in [0.2, 0.25) is 0 Å². The van der Waals surface area contributed by atoms with Crippen LogP contribution in [0.2, 0.25) is 9.45 Å². The summed E-state index contributed by atoms with van der Waals surface area (Å²) in [6.45, 7) is 0. The minimum absolute atomic E-state index is 0.169. The molecule has 0 aromatic heterocycles. The van der Waals surface area contributed by atoms with Gasteiger partial charge in [-0.25, -0.2) is 0 Å². The fourth-order valence-electron chi connectivity index (χ4n) is 10.5. The molecule has 294 valence electrons. The third-order valence-electron chi connectivity index (χ3n) is 13.2. The van der Waals surface area contributed by atoms with Crippen molar-refractivity contribution < 1.29 is 33.6 Å². The van der Waals surface area contributed by atoms with Crippen molar-refractivity contribution in [1.29, 1.82) is 0 Å². The first kappa shape index (κ1) is 38.9. The molecule has 6 aromatic rings. The van der Waals surface area contributed by atoms with Gasteiger partial charge in [0.15, 0.2) is 0 Å². The normalized spacial score (nSPS) is 16.9. The Balaban J connectivity index is 1.25. The summed E-state index contributed by atoms with van der Waals surface area (Å²) in [5, 5.41) is 2.05. The van der Waals surface area contributed by atoms with Crippen molar-refractivity contribution in [3.05, 3.63) is 238 Å². The molecular weight excluding hydrogens is 760 g/mol. The fourth-order valence-corrected chi connectivity index (χ4v) is 15.2. The van der Waals surface area contributed by atoms with Crippen LogP contribution in [0.25, 0.3) is 0 Å². The first-order chi connectivity index (χ1) is 29.0. The molecule has 0 aliphatic heterocycles. The Morgan fingerprint density at radius 2 is 0.780 bits per heavy atom. The number of allylic oxidation sites excluding steroid dienone is 4. The maximum absolute atomic E-state index is 16.1. The Morgan fingerprint density at radius 3 is 1.14 bits per heavy atom. The summed E-state index contributed by atoms with van der Waals surface area (Å²) >= 11 is -4.71. The molecule has 0 fully saturated rings. The summed E-state index contributed by atoms with van der Waals surface area (Å²) in [4.78, 5) is 32.2. The zero-order valence-electron chi connectivity index (χ0n) is 33.7. The van der Waals surface area contributed by atoms with Crippen LogP contribution in [0.1, 0.15) is 84.7 Å². The van der Waals surface area contributed by atoms with Gasteiger partial charge in [0.05, 0.1) is 0 Å². The molecule has 0 heterocycles. The van der Waals surface area contributed by atoms with Gasteiger partial charge < -0.3 is 0 Å². The van der Waals surface area contributed by atoms with Crippen LogP contribution in [0.15, 0.2) is 204 Å². The van der Waals surface area contributed by atoms with Gasteiger partial charge in [-0.15, -0.1) is 0 Å². The molecule has 0 saturated heterocycles. The quantitative estimate of drug-likeness (QED) is 0.0966. The van der Waals surface area contributed by atoms with E-state index in [4.69, 9.17) is 6.64 Å². The number of rotatable bonds is 11. The predicted octanol–water partition coefficient (Wildman–Crippen LogP) is 12.7. The molecule has 9 rings (SSSR count). The SMILES string of the molecule is [CH3][Ti]([O]C(=O)C(c1ccccc1)(c1ccccc1)c1ccccc1)([O]C(=O)C(c1ccccc1)(c1ccccc1)c1ccccc1)[CH]1CCCC2=C1CC1=C2CCCC1. The summed E-state index contributed by atoms with van der Waals surface area (Å²) in [5.41, 5.74) is 7.97. The minimum atomic E-state index is -4.71. The van der Waals surface area contributed by atoms with Crippen LogP contribution in [0, 0.1) is 0 Å². The van der Waals surface area contributed by atoms with Crippen molar-refractivity contribution in [2.24, 2.45) is 0 Å². The van der Waals surface area contributed by atoms with Crippen molar-refractivity contribution in [2.75, 3.05) is 0 Å². The number of hydrogen-bond acceptors (Lipinski definition) is 4. The molecular formula is C54H50O4Ti. The van der Waals surface area contributed by atoms with Crippen molar-refractivity contribution in [3.8, 4) is 0 Å². The Kier molecular flexibility index (Phi) is 11.0. The average molecular weight is 811 g/mol. The summed E-state index contributed by atoms with van der Waals surface area (Å²) in [5.74, 6) is -0.825. The van der Waals surface area contributed by atoms with Crippen LogP contribution in [-0.2, 0) is 44.4 Å². The van der Waals surface area contributed by atoms with Crippen LogP contribution in [0.4, 0.5) is 0 Å². The Bertz CT molecular complexity index is 2150. The van der Waals surface area contributed by atoms with Gasteiger partial charge in [-0.3, -0.25) is 0 Å². The van der Waals surface area contributed by atoms with Crippen molar-refractivity contribution in [1.82, 2.24) is 0 Å². The van der Waals surface area contributed by atoms with E-state index < -0.39 is 40.1 Å². The van der Waals surface area contributed by atoms with Crippen LogP contribution in [-0.4, -0.2) is 11.9 Å². The molecule has 6 aromatic carbocycles. The fraction of sp³-hybridized carbons (Fsp3) is 0.222. The van der Waals surface area contributed by atoms with E-state index in [1.54, 1.807) is 0 Å². The second kappa shape index (κ2) is 16.6. The molecule has 3 aliphatic rings. The topological polar surface area (TPSA) is 52.6 Å². The van der Waals surface area contributed by atoms with E-state index in [0.29, 0.717) is 0 Å². The van der Waals surface area contributed by atoms with Gasteiger partial charge in [-0.1, -0.05) is 0 Å². The van der Waals surface area contributed by atoms with E-state index in [-0.39, 0.29) is 4.22 Å². The van der Waals surface area contributed by atoms with Gasteiger partial charge >= 0.3 is 355 Å². The van der Waals surface area contributed by atoms with Gasteiger partial charge in [0.1, 0.15) is 0 Å². The standard InChI is InChI=1S/2C20H16O2.C13H17.CH3.Ti/c2*21-19(22)20(16-10-4-1-5-11-16,17-12-6-2-7-13-17)18-14-8-3-9-15-18;1-3-7-12-10(5-1)9-11-6-2-4-8-13(11)12;;/h2*1-15H,(H,21,22);5H,1-4,6-9H2;1H3;/q;;;;+2/p-2. The third kappa shape index (κ3) is 6.87. The number of fused-ring (bicyclic) bond motifs is 1. The molecule has 0 spiro atoms. The van der Waals surface area contributed by atoms with E-state index in [1.165, 1.54) is 35.1 Å². The third-order valence-corrected chi connectivity index (χ3v) is 18.0. The second-order valence-corrected chi connectivity index (χ2v) is 21.3. The van der Waals surface area contributed by atoms with Gasteiger partial charge in [-0.2, -0.15) is 0 Å². The van der Waals surface area contributed by atoms with E-state index in [0.717, 1.165) is 71.9 Å². The van der Waals surface area contributed by atoms with Gasteiger partial charge in [0, 0.05) is 0 Å². The molecule has 59 heavy (non-hydrogen) atoms. The van der Waals surface area contributed by atoms with E-state index >= 15 is 9.59 Å². The Hall–Kier alpha value is -5.55. The number of hydrogen-bond donors (Lipinski definition) is 0. The zero-order chi connectivity index (χ0) is 40.3. The van der Waals surface area contributed by atoms with Crippen LogP contribution in [0.3, 0.4) is 0 Å². The molecule has 0 saturated carbocycles. The average Bonchev–Trinajstić information content (AvgIpc) is 3.68. The van der Waals surface area contributed by atoms with Gasteiger partial charge in [0.25, 0.3) is 0 Å². The molecule has 0 radical (unpaired) electrons. The number of carbonyl (C=O) groups is 2. The number of carbonyl (C=O) groups excluding carboxylic acids is 2. The predicted molar refractivity (Wildman–Crippen MR) is 231 cm³/mol. The number of benzene rings is 6. The van der Waals surface area contributed by atoms with Crippen molar-refractivity contribution in [2.45, 2.75) is 71.6 Å². The van der Waals surface area contributed by atoms with Gasteiger partial charge in [-0.05, 0) is 0 Å². The summed E-state index contributed by atoms with van der Waals surface area (Å²) < 4.78 is 14.6. The van der Waals surface area contributed by atoms with E-state index in [1.807, 2.05) is 187 Å². The summed E-state index contributed by atoms with van der Waals surface area (Å²) in [6, 6.07) is 59.7. The first-order valence-electron chi connectivity index (χ1n) is 21.2. The monoisotopic (exact) mass is 810 g/mol. The maximum atomic E-state index is 16.1. The Labute approximate surface area is 352 Å². The molecule has 0 amide bonds. The second-order valence-electron chi connectivity index (χ2n) is 16.4. The van der Waals surface area contributed by atoms with Crippen LogP contribution >= 0.6 is 0 Å². The summed E-state index contributed by atoms with van der Waals surface area (Å²) in [6.07, 6.45) is 8.28. The van der Waals surface area contributed by atoms with E-state index in [2.05, 4.69) is 0 Å². The Morgan fingerprint density at radius 1 is 0.458 bits per heavy atom. The molecule has 4 nitrogen and oxygen atoms in total. The molecule has 3 aliphatic carbocycles. The zero-order valence-corrected chi connectivity index (χ0v) is 35.2. The van der Waals surface area contributed by atoms with Crippen LogP contribution < -0.4 is 0 Å². The summed E-state index contributed by atoms with van der Waals surface area (Å²) in [7, 11) is 0. The van der Waals surface area contributed by atoms with Crippen LogP contribution in [0.5, 0.6) is 0 Å². The molecule has 0 bridgehead atoms. The molecule has 1 unspecified atom stereocenters. The molecule has 1 atom stereocenters. The van der Waals surface area contributed by atoms with E-state index in [9.17, 15) is 0 Å². The van der Waals surface area contributed by atoms with Crippen molar-refractivity contribution in [3.63, 3.8) is 0 Å². The molecule has 0 N–H and O–H groups in total.